The monoisotopic (exact) mass is 193 g/mol. The molecule has 1 unspecified atom stereocenters. The first-order chi connectivity index (χ1) is 6.77. The van der Waals surface area contributed by atoms with Crippen molar-refractivity contribution in [3.63, 3.8) is 0 Å². The zero-order valence-corrected chi connectivity index (χ0v) is 9.93. The first kappa shape index (κ1) is 13.0. The van der Waals surface area contributed by atoms with Crippen molar-refractivity contribution in [2.24, 2.45) is 0 Å². The Hall–Kier alpha value is -0.980. The van der Waals surface area contributed by atoms with E-state index in [1.165, 1.54) is 17.7 Å². The van der Waals surface area contributed by atoms with E-state index < -0.39 is 0 Å². The lowest BCUT2D eigenvalue weighted by Crippen LogP contribution is -2.29. The third kappa shape index (κ3) is 3.82. The summed E-state index contributed by atoms with van der Waals surface area (Å²) >= 11 is 0. The van der Waals surface area contributed by atoms with Crippen LogP contribution in [-0.2, 0) is 0 Å². The molecule has 0 fully saturated rings. The summed E-state index contributed by atoms with van der Waals surface area (Å²) in [6.07, 6.45) is 8.49. The first-order valence-corrected chi connectivity index (χ1v) is 5.52. The lowest BCUT2D eigenvalue weighted by Gasteiger charge is -2.24. The molecule has 1 nitrogen and oxygen atoms in total. The minimum atomic E-state index is 0.597. The number of nitrogens with one attached hydrogen (secondary N) is 1. The van der Waals surface area contributed by atoms with Crippen LogP contribution in [0.2, 0.25) is 0 Å². The maximum atomic E-state index is 3.81. The van der Waals surface area contributed by atoms with Gasteiger partial charge in [0.2, 0.25) is 0 Å². The molecule has 1 rings (SSSR count). The molecule has 0 saturated heterocycles. The predicted molar refractivity (Wildman–Crippen MR) is 65.2 cm³/mol. The minimum Gasteiger partial charge on any atom is -0.382 e. The van der Waals surface area contributed by atoms with Gasteiger partial charge in [-0.1, -0.05) is 32.6 Å². The van der Waals surface area contributed by atoms with Gasteiger partial charge in [0.1, 0.15) is 0 Å². The molecule has 0 aliphatic carbocycles. The van der Waals surface area contributed by atoms with E-state index in [0.717, 1.165) is 6.42 Å². The molecule has 1 N–H and O–H groups in total. The van der Waals surface area contributed by atoms with Crippen molar-refractivity contribution in [1.29, 1.82) is 0 Å². The number of hydrogen-bond donors (Lipinski definition) is 1. The quantitative estimate of drug-likeness (QED) is 0.703. The Balaban J connectivity index is 0.000000791. The molecule has 1 heteroatoms. The molecule has 0 spiro atoms. The molecule has 1 heterocycles. The van der Waals surface area contributed by atoms with E-state index in [2.05, 4.69) is 31.0 Å². The average molecular weight is 193 g/mol. The molecule has 1 aliphatic rings. The van der Waals surface area contributed by atoms with E-state index in [1.54, 1.807) is 0 Å². The van der Waals surface area contributed by atoms with Crippen molar-refractivity contribution in [2.75, 3.05) is 0 Å². The van der Waals surface area contributed by atoms with Crippen molar-refractivity contribution < 1.29 is 0 Å². The summed E-state index contributed by atoms with van der Waals surface area (Å²) < 4.78 is 0. The molecule has 14 heavy (non-hydrogen) atoms. The van der Waals surface area contributed by atoms with Crippen LogP contribution in [0, 0.1) is 0 Å². The highest BCUT2D eigenvalue weighted by Crippen LogP contribution is 2.19. The molecule has 1 atom stereocenters. The summed E-state index contributed by atoms with van der Waals surface area (Å²) in [5.41, 5.74) is 2.58. The van der Waals surface area contributed by atoms with Gasteiger partial charge < -0.3 is 5.32 Å². The molecule has 0 aromatic heterocycles. The summed E-state index contributed by atoms with van der Waals surface area (Å²) in [4.78, 5) is 0. The van der Waals surface area contributed by atoms with Crippen LogP contribution in [-0.4, -0.2) is 6.04 Å². The van der Waals surface area contributed by atoms with E-state index in [1.807, 2.05) is 26.8 Å². The molecular weight excluding hydrogens is 170 g/mol. The SMILES string of the molecule is C=CC1=C(/C=C\C)NC(C)CC1.CC. The second-order valence-corrected chi connectivity index (χ2v) is 3.23. The Kier molecular flexibility index (Phi) is 6.91. The van der Waals surface area contributed by atoms with Gasteiger partial charge >= 0.3 is 0 Å². The largest absolute Gasteiger partial charge is 0.382 e. The fraction of sp³-hybridized carbons (Fsp3) is 0.538. The van der Waals surface area contributed by atoms with E-state index in [-0.39, 0.29) is 0 Å². The molecule has 0 aromatic rings. The van der Waals surface area contributed by atoms with Gasteiger partial charge in [-0.05, 0) is 38.3 Å². The van der Waals surface area contributed by atoms with Gasteiger partial charge in [-0.25, -0.2) is 0 Å². The molecular formula is C13H23N. The van der Waals surface area contributed by atoms with Crippen LogP contribution in [0.25, 0.3) is 0 Å². The second kappa shape index (κ2) is 7.43. The van der Waals surface area contributed by atoms with Gasteiger partial charge in [0.25, 0.3) is 0 Å². The normalized spacial score (nSPS) is 21.3. The Morgan fingerprint density at radius 2 is 2.07 bits per heavy atom. The summed E-state index contributed by atoms with van der Waals surface area (Å²) in [7, 11) is 0. The van der Waals surface area contributed by atoms with Crippen molar-refractivity contribution in [1.82, 2.24) is 5.32 Å². The fourth-order valence-corrected chi connectivity index (χ4v) is 1.47. The van der Waals surface area contributed by atoms with Crippen LogP contribution in [0.4, 0.5) is 0 Å². The van der Waals surface area contributed by atoms with E-state index in [9.17, 15) is 0 Å². The zero-order valence-electron chi connectivity index (χ0n) is 9.93. The molecule has 0 bridgehead atoms. The number of hydrogen-bond acceptors (Lipinski definition) is 1. The standard InChI is InChI=1S/C11H17N.C2H6/c1-4-6-11-10(5-2)8-7-9(3)12-11;1-2/h4-6,9,12H,2,7-8H2,1,3H3;1-2H3/b6-4-;. The third-order valence-electron chi connectivity index (χ3n) is 2.17. The van der Waals surface area contributed by atoms with Gasteiger partial charge in [-0.15, -0.1) is 0 Å². The maximum absolute atomic E-state index is 3.81. The molecule has 0 saturated carbocycles. The highest BCUT2D eigenvalue weighted by Gasteiger charge is 2.12. The third-order valence-corrected chi connectivity index (χ3v) is 2.17. The lowest BCUT2D eigenvalue weighted by molar-refractivity contribution is 0.542. The Labute approximate surface area is 88.6 Å². The Morgan fingerprint density at radius 3 is 2.57 bits per heavy atom. The molecule has 0 amide bonds. The Morgan fingerprint density at radius 1 is 1.43 bits per heavy atom. The van der Waals surface area contributed by atoms with Crippen LogP contribution in [0.15, 0.2) is 36.1 Å². The van der Waals surface area contributed by atoms with E-state index in [4.69, 9.17) is 0 Å². The highest BCUT2D eigenvalue weighted by molar-refractivity contribution is 5.33. The van der Waals surface area contributed by atoms with Gasteiger partial charge in [-0.3, -0.25) is 0 Å². The van der Waals surface area contributed by atoms with E-state index >= 15 is 0 Å². The average Bonchev–Trinajstić information content (AvgIpc) is 2.22. The van der Waals surface area contributed by atoms with Crippen LogP contribution in [0.5, 0.6) is 0 Å². The van der Waals surface area contributed by atoms with Crippen molar-refractivity contribution in [3.8, 4) is 0 Å². The smallest absolute Gasteiger partial charge is 0.0371 e. The van der Waals surface area contributed by atoms with Crippen LogP contribution in [0.1, 0.15) is 40.5 Å². The van der Waals surface area contributed by atoms with Crippen LogP contribution >= 0.6 is 0 Å². The van der Waals surface area contributed by atoms with Crippen molar-refractivity contribution in [2.45, 2.75) is 46.6 Å². The van der Waals surface area contributed by atoms with E-state index in [0.29, 0.717) is 6.04 Å². The topological polar surface area (TPSA) is 12.0 Å². The zero-order chi connectivity index (χ0) is 11.0. The maximum Gasteiger partial charge on any atom is 0.0371 e. The fourth-order valence-electron chi connectivity index (χ4n) is 1.47. The molecule has 0 radical (unpaired) electrons. The van der Waals surface area contributed by atoms with Crippen molar-refractivity contribution in [3.05, 3.63) is 36.1 Å². The first-order valence-electron chi connectivity index (χ1n) is 5.52. The summed E-state index contributed by atoms with van der Waals surface area (Å²) in [5, 5.41) is 3.44. The number of allylic oxidation sites excluding steroid dienone is 4. The minimum absolute atomic E-state index is 0.597. The van der Waals surface area contributed by atoms with Gasteiger partial charge in [0, 0.05) is 11.7 Å². The molecule has 80 valence electrons. The summed E-state index contributed by atoms with van der Waals surface area (Å²) in [6.45, 7) is 12.1. The molecule has 1 aliphatic heterocycles. The van der Waals surface area contributed by atoms with Crippen LogP contribution < -0.4 is 5.32 Å². The number of rotatable bonds is 2. The van der Waals surface area contributed by atoms with Gasteiger partial charge in [0.15, 0.2) is 0 Å². The second-order valence-electron chi connectivity index (χ2n) is 3.23. The summed E-state index contributed by atoms with van der Waals surface area (Å²) in [5.74, 6) is 0. The molecule has 0 aromatic carbocycles. The Bertz CT molecular complexity index is 223. The lowest BCUT2D eigenvalue weighted by atomic mass is 9.99. The van der Waals surface area contributed by atoms with Gasteiger partial charge in [-0.2, -0.15) is 0 Å². The highest BCUT2D eigenvalue weighted by atomic mass is 14.9. The van der Waals surface area contributed by atoms with Gasteiger partial charge in [0.05, 0.1) is 0 Å². The van der Waals surface area contributed by atoms with Crippen LogP contribution in [0.3, 0.4) is 0 Å². The van der Waals surface area contributed by atoms with Crippen molar-refractivity contribution >= 4 is 0 Å². The predicted octanol–water partition coefficient (Wildman–Crippen LogP) is 3.80. The summed E-state index contributed by atoms with van der Waals surface area (Å²) in [6, 6.07) is 0.597.